The summed E-state index contributed by atoms with van der Waals surface area (Å²) in [5.41, 5.74) is -0.180. The topological polar surface area (TPSA) is 58.0 Å². The zero-order valence-corrected chi connectivity index (χ0v) is 9.69. The molecule has 88 valence electrons. The van der Waals surface area contributed by atoms with Crippen molar-refractivity contribution in [1.29, 1.82) is 0 Å². The highest BCUT2D eigenvalue weighted by Crippen LogP contribution is 2.33. The van der Waals surface area contributed by atoms with Gasteiger partial charge in [0.15, 0.2) is 0 Å². The Morgan fingerprint density at radius 2 is 2.25 bits per heavy atom. The van der Waals surface area contributed by atoms with Crippen molar-refractivity contribution in [3.63, 3.8) is 0 Å². The summed E-state index contributed by atoms with van der Waals surface area (Å²) in [5, 5.41) is 12.9. The van der Waals surface area contributed by atoms with Crippen LogP contribution in [0.15, 0.2) is 18.6 Å². The fraction of sp³-hybridized carbons (Fsp3) is 0.667. The molecule has 0 unspecified atom stereocenters. The van der Waals surface area contributed by atoms with Crippen LogP contribution in [0.25, 0.3) is 0 Å². The molecule has 4 nitrogen and oxygen atoms in total. The summed E-state index contributed by atoms with van der Waals surface area (Å²) in [5.74, 6) is 1.57. The van der Waals surface area contributed by atoms with Gasteiger partial charge in [0.05, 0.1) is 12.1 Å². The summed E-state index contributed by atoms with van der Waals surface area (Å²) in [6.45, 7) is 2.44. The fourth-order valence-electron chi connectivity index (χ4n) is 2.27. The van der Waals surface area contributed by atoms with Crippen molar-refractivity contribution in [2.75, 3.05) is 11.9 Å². The Hall–Kier alpha value is -1.16. The largest absolute Gasteiger partial charge is 0.394 e. The van der Waals surface area contributed by atoms with Gasteiger partial charge in [-0.1, -0.05) is 6.92 Å². The van der Waals surface area contributed by atoms with Gasteiger partial charge in [0, 0.05) is 6.20 Å². The first-order valence-electron chi connectivity index (χ1n) is 5.89. The standard InChI is InChI=1S/C12H19N3O/c1-10-2-5-12(8-16,6-3-10)15-11-4-7-13-9-14-11/h4,7,9-10,16H,2-3,5-6,8H2,1H3,(H,13,14,15). The third-order valence-electron chi connectivity index (χ3n) is 3.51. The highest BCUT2D eigenvalue weighted by atomic mass is 16.3. The molecule has 1 saturated carbocycles. The number of nitrogens with zero attached hydrogens (tertiary/aromatic N) is 2. The highest BCUT2D eigenvalue weighted by molar-refractivity contribution is 5.36. The molecule has 2 N–H and O–H groups in total. The summed E-state index contributed by atoms with van der Waals surface area (Å²) in [6, 6.07) is 1.84. The molecule has 0 radical (unpaired) electrons. The van der Waals surface area contributed by atoms with Crippen LogP contribution in [-0.4, -0.2) is 27.2 Å². The van der Waals surface area contributed by atoms with Crippen LogP contribution in [0, 0.1) is 5.92 Å². The Morgan fingerprint density at radius 3 is 2.81 bits per heavy atom. The molecule has 0 aromatic carbocycles. The molecule has 1 aliphatic carbocycles. The van der Waals surface area contributed by atoms with Gasteiger partial charge >= 0.3 is 0 Å². The molecule has 0 aliphatic heterocycles. The van der Waals surface area contributed by atoms with Gasteiger partial charge in [-0.3, -0.25) is 0 Å². The van der Waals surface area contributed by atoms with Crippen LogP contribution in [0.3, 0.4) is 0 Å². The van der Waals surface area contributed by atoms with Crippen molar-refractivity contribution < 1.29 is 5.11 Å². The van der Waals surface area contributed by atoms with E-state index in [4.69, 9.17) is 0 Å². The van der Waals surface area contributed by atoms with Crippen molar-refractivity contribution in [1.82, 2.24) is 9.97 Å². The number of hydrogen-bond acceptors (Lipinski definition) is 4. The predicted molar refractivity (Wildman–Crippen MR) is 63.1 cm³/mol. The van der Waals surface area contributed by atoms with Crippen molar-refractivity contribution in [2.45, 2.75) is 38.1 Å². The molecule has 2 rings (SSSR count). The molecule has 1 aromatic heterocycles. The van der Waals surface area contributed by atoms with Gasteiger partial charge < -0.3 is 10.4 Å². The Labute approximate surface area is 96.1 Å². The summed E-state index contributed by atoms with van der Waals surface area (Å²) in [7, 11) is 0. The molecule has 0 spiro atoms. The third-order valence-corrected chi connectivity index (χ3v) is 3.51. The van der Waals surface area contributed by atoms with E-state index in [0.717, 1.165) is 24.6 Å². The molecule has 0 atom stereocenters. The van der Waals surface area contributed by atoms with Crippen molar-refractivity contribution in [3.05, 3.63) is 18.6 Å². The van der Waals surface area contributed by atoms with Crippen LogP contribution >= 0.6 is 0 Å². The average Bonchev–Trinajstić information content (AvgIpc) is 2.34. The Kier molecular flexibility index (Phi) is 3.39. The molecule has 1 aromatic rings. The summed E-state index contributed by atoms with van der Waals surface area (Å²) in [6.07, 6.45) is 7.59. The average molecular weight is 221 g/mol. The van der Waals surface area contributed by atoms with Crippen LogP contribution in [-0.2, 0) is 0 Å². The summed E-state index contributed by atoms with van der Waals surface area (Å²) < 4.78 is 0. The first-order chi connectivity index (χ1) is 7.74. The van der Waals surface area contributed by atoms with Crippen molar-refractivity contribution in [3.8, 4) is 0 Å². The lowest BCUT2D eigenvalue weighted by molar-refractivity contribution is 0.155. The van der Waals surface area contributed by atoms with Gasteiger partial charge in [-0.2, -0.15) is 0 Å². The molecular weight excluding hydrogens is 202 g/mol. The maximum Gasteiger partial charge on any atom is 0.129 e. The highest BCUT2D eigenvalue weighted by Gasteiger charge is 2.33. The Balaban J connectivity index is 2.05. The lowest BCUT2D eigenvalue weighted by Gasteiger charge is -2.39. The molecular formula is C12H19N3O. The van der Waals surface area contributed by atoms with Crippen LogP contribution < -0.4 is 5.32 Å². The van der Waals surface area contributed by atoms with Gasteiger partial charge in [-0.15, -0.1) is 0 Å². The van der Waals surface area contributed by atoms with E-state index in [-0.39, 0.29) is 12.1 Å². The third kappa shape index (κ3) is 2.50. The molecule has 1 fully saturated rings. The first-order valence-corrected chi connectivity index (χ1v) is 5.89. The zero-order valence-electron chi connectivity index (χ0n) is 9.69. The zero-order chi connectivity index (χ0) is 11.4. The number of aromatic nitrogens is 2. The number of aliphatic hydroxyl groups is 1. The minimum absolute atomic E-state index is 0.170. The van der Waals surface area contributed by atoms with Gasteiger partial charge in [-0.25, -0.2) is 9.97 Å². The van der Waals surface area contributed by atoms with Crippen LogP contribution in [0.2, 0.25) is 0 Å². The van der Waals surface area contributed by atoms with E-state index in [1.165, 1.54) is 19.2 Å². The van der Waals surface area contributed by atoms with Crippen LogP contribution in [0.5, 0.6) is 0 Å². The molecule has 0 amide bonds. The predicted octanol–water partition coefficient (Wildman–Crippen LogP) is 1.83. The minimum atomic E-state index is -0.180. The number of anilines is 1. The fourth-order valence-corrected chi connectivity index (χ4v) is 2.27. The number of hydrogen-bond donors (Lipinski definition) is 2. The van der Waals surface area contributed by atoms with E-state index in [9.17, 15) is 5.11 Å². The lowest BCUT2D eigenvalue weighted by atomic mass is 9.77. The Morgan fingerprint density at radius 1 is 1.50 bits per heavy atom. The molecule has 16 heavy (non-hydrogen) atoms. The SMILES string of the molecule is CC1CCC(CO)(Nc2ccncn2)CC1. The van der Waals surface area contributed by atoms with Crippen molar-refractivity contribution in [2.24, 2.45) is 5.92 Å². The quantitative estimate of drug-likeness (QED) is 0.817. The van der Waals surface area contributed by atoms with E-state index in [1.807, 2.05) is 6.07 Å². The second kappa shape index (κ2) is 4.78. The monoisotopic (exact) mass is 221 g/mol. The lowest BCUT2D eigenvalue weighted by Crippen LogP contribution is -2.45. The van der Waals surface area contributed by atoms with Gasteiger partial charge in [0.2, 0.25) is 0 Å². The van der Waals surface area contributed by atoms with E-state index >= 15 is 0 Å². The van der Waals surface area contributed by atoms with E-state index < -0.39 is 0 Å². The number of aliphatic hydroxyl groups excluding tert-OH is 1. The van der Waals surface area contributed by atoms with Gasteiger partial charge in [0.1, 0.15) is 12.1 Å². The van der Waals surface area contributed by atoms with E-state index in [0.29, 0.717) is 0 Å². The molecule has 0 bridgehead atoms. The van der Waals surface area contributed by atoms with E-state index in [1.54, 1.807) is 6.20 Å². The number of rotatable bonds is 3. The minimum Gasteiger partial charge on any atom is -0.394 e. The van der Waals surface area contributed by atoms with E-state index in [2.05, 4.69) is 22.2 Å². The maximum absolute atomic E-state index is 9.58. The molecule has 0 saturated heterocycles. The van der Waals surface area contributed by atoms with Gasteiger partial charge in [-0.05, 0) is 37.7 Å². The second-order valence-electron chi connectivity index (χ2n) is 4.84. The normalized spacial score (nSPS) is 30.0. The second-order valence-corrected chi connectivity index (χ2v) is 4.84. The number of nitrogens with one attached hydrogen (secondary N) is 1. The molecule has 4 heteroatoms. The van der Waals surface area contributed by atoms with Crippen LogP contribution in [0.1, 0.15) is 32.6 Å². The molecule has 1 heterocycles. The van der Waals surface area contributed by atoms with Crippen LogP contribution in [0.4, 0.5) is 5.82 Å². The summed E-state index contributed by atoms with van der Waals surface area (Å²) in [4.78, 5) is 8.04. The molecule has 1 aliphatic rings. The van der Waals surface area contributed by atoms with Crippen molar-refractivity contribution >= 4 is 5.82 Å². The maximum atomic E-state index is 9.58. The van der Waals surface area contributed by atoms with Gasteiger partial charge in [0.25, 0.3) is 0 Å². The summed E-state index contributed by atoms with van der Waals surface area (Å²) >= 11 is 0. The first kappa shape index (κ1) is 11.3. The Bertz CT molecular complexity index is 320. The smallest absolute Gasteiger partial charge is 0.129 e.